The first-order valence-electron chi connectivity index (χ1n) is 10.4. The van der Waals surface area contributed by atoms with Crippen LogP contribution in [0, 0.1) is 11.6 Å². The lowest BCUT2D eigenvalue weighted by Crippen LogP contribution is -2.50. The summed E-state index contributed by atoms with van der Waals surface area (Å²) in [5.74, 6) is -0.280. The molecule has 5 nitrogen and oxygen atoms in total. The Bertz CT molecular complexity index is 863. The normalized spacial score (nSPS) is 21.5. The molecule has 0 spiro atoms. The first-order chi connectivity index (χ1) is 14.7. The van der Waals surface area contributed by atoms with Crippen molar-refractivity contribution in [1.82, 2.24) is 15.1 Å². The molecule has 8 heteroatoms. The molecule has 0 aliphatic carbocycles. The molecule has 168 valence electrons. The molecule has 31 heavy (non-hydrogen) atoms. The fourth-order valence-corrected chi connectivity index (χ4v) is 4.35. The van der Waals surface area contributed by atoms with Gasteiger partial charge in [0.15, 0.2) is 5.96 Å². The standard InChI is InChI=1S/C23H28F2N4O.HI/c1-26-23(27-11-10-18-19(24)8-5-9-20(18)25)29-15-21-22(16-29)30-13-12-28(21)14-17-6-3-2-4-7-17;/h2-9,21-22H,10-16H2,1H3,(H,26,27);1H. The van der Waals surface area contributed by atoms with Crippen LogP contribution in [0.3, 0.4) is 0 Å². The zero-order valence-corrected chi connectivity index (χ0v) is 20.0. The number of hydrogen-bond donors (Lipinski definition) is 1. The van der Waals surface area contributed by atoms with Crippen LogP contribution in [0.15, 0.2) is 53.5 Å². The van der Waals surface area contributed by atoms with Crippen molar-refractivity contribution in [3.8, 4) is 0 Å². The number of nitrogens with one attached hydrogen (secondary N) is 1. The highest BCUT2D eigenvalue weighted by Gasteiger charge is 2.41. The maximum absolute atomic E-state index is 13.9. The number of likely N-dealkylation sites (tertiary alicyclic amines) is 1. The van der Waals surface area contributed by atoms with E-state index in [2.05, 4.69) is 44.4 Å². The highest BCUT2D eigenvalue weighted by molar-refractivity contribution is 14.0. The lowest BCUT2D eigenvalue weighted by molar-refractivity contribution is -0.0502. The third kappa shape index (κ3) is 5.72. The number of guanidine groups is 1. The second-order valence-corrected chi connectivity index (χ2v) is 7.76. The maximum atomic E-state index is 13.9. The molecular formula is C23H29F2IN4O. The summed E-state index contributed by atoms with van der Waals surface area (Å²) in [4.78, 5) is 9.04. The van der Waals surface area contributed by atoms with Gasteiger partial charge in [0.2, 0.25) is 0 Å². The molecule has 4 rings (SSSR count). The van der Waals surface area contributed by atoms with Crippen molar-refractivity contribution in [3.05, 3.63) is 71.3 Å². The molecule has 2 heterocycles. The number of morpholine rings is 1. The van der Waals surface area contributed by atoms with E-state index >= 15 is 0 Å². The van der Waals surface area contributed by atoms with Crippen molar-refractivity contribution < 1.29 is 13.5 Å². The molecule has 2 saturated heterocycles. The van der Waals surface area contributed by atoms with E-state index < -0.39 is 11.6 Å². The first kappa shape index (κ1) is 23.9. The molecule has 2 aromatic carbocycles. The third-order valence-electron chi connectivity index (χ3n) is 5.88. The number of ether oxygens (including phenoxy) is 1. The Kier molecular flexibility index (Phi) is 8.62. The van der Waals surface area contributed by atoms with Crippen molar-refractivity contribution in [2.45, 2.75) is 25.1 Å². The highest BCUT2D eigenvalue weighted by atomic mass is 127. The predicted octanol–water partition coefficient (Wildman–Crippen LogP) is 3.29. The topological polar surface area (TPSA) is 40.1 Å². The van der Waals surface area contributed by atoms with Gasteiger partial charge in [-0.25, -0.2) is 8.78 Å². The van der Waals surface area contributed by atoms with Gasteiger partial charge in [0.05, 0.1) is 18.8 Å². The second kappa shape index (κ2) is 11.2. The minimum Gasteiger partial charge on any atom is -0.373 e. The highest BCUT2D eigenvalue weighted by Crippen LogP contribution is 2.24. The van der Waals surface area contributed by atoms with Crippen molar-refractivity contribution >= 4 is 29.9 Å². The van der Waals surface area contributed by atoms with Crippen LogP contribution >= 0.6 is 24.0 Å². The molecule has 0 bridgehead atoms. The molecule has 0 aromatic heterocycles. The first-order valence-corrected chi connectivity index (χ1v) is 10.4. The van der Waals surface area contributed by atoms with Crippen LogP contribution in [0.25, 0.3) is 0 Å². The zero-order chi connectivity index (χ0) is 20.9. The third-order valence-corrected chi connectivity index (χ3v) is 5.88. The van der Waals surface area contributed by atoms with E-state index in [1.54, 1.807) is 7.05 Å². The van der Waals surface area contributed by atoms with E-state index in [0.29, 0.717) is 12.6 Å². The fraction of sp³-hybridized carbons (Fsp3) is 0.435. The van der Waals surface area contributed by atoms with Crippen LogP contribution in [0.5, 0.6) is 0 Å². The predicted molar refractivity (Wildman–Crippen MR) is 129 cm³/mol. The van der Waals surface area contributed by atoms with E-state index in [-0.39, 0.29) is 42.1 Å². The van der Waals surface area contributed by atoms with Crippen molar-refractivity contribution in [3.63, 3.8) is 0 Å². The Morgan fingerprint density at radius 1 is 1.10 bits per heavy atom. The molecule has 0 amide bonds. The van der Waals surface area contributed by atoms with Crippen LogP contribution in [0.2, 0.25) is 0 Å². The number of rotatable bonds is 5. The molecule has 2 aromatic rings. The van der Waals surface area contributed by atoms with Gasteiger partial charge in [0, 0.05) is 45.3 Å². The number of fused-ring (bicyclic) bond motifs is 1. The van der Waals surface area contributed by atoms with E-state index in [0.717, 1.165) is 38.7 Å². The Balaban J connectivity index is 0.00000272. The molecule has 2 aliphatic heterocycles. The molecular weight excluding hydrogens is 513 g/mol. The summed E-state index contributed by atoms with van der Waals surface area (Å²) in [7, 11) is 1.73. The van der Waals surface area contributed by atoms with E-state index in [1.165, 1.54) is 23.8 Å². The van der Waals surface area contributed by atoms with Crippen LogP contribution in [-0.2, 0) is 17.7 Å². The van der Waals surface area contributed by atoms with Gasteiger partial charge in [-0.15, -0.1) is 24.0 Å². The summed E-state index contributed by atoms with van der Waals surface area (Å²) in [6, 6.07) is 14.7. The number of hydrogen-bond acceptors (Lipinski definition) is 3. The minimum atomic E-state index is -0.510. The average Bonchev–Trinajstić information content (AvgIpc) is 3.19. The van der Waals surface area contributed by atoms with Crippen molar-refractivity contribution in [1.29, 1.82) is 0 Å². The van der Waals surface area contributed by atoms with Crippen molar-refractivity contribution in [2.24, 2.45) is 4.99 Å². The Hall–Kier alpha value is -1.78. The Morgan fingerprint density at radius 2 is 1.84 bits per heavy atom. The van der Waals surface area contributed by atoms with Crippen LogP contribution in [0.4, 0.5) is 8.78 Å². The number of aliphatic imine (C=N–C) groups is 1. The molecule has 0 radical (unpaired) electrons. The van der Waals surface area contributed by atoms with Gasteiger partial charge in [0.1, 0.15) is 11.6 Å². The fourth-order valence-electron chi connectivity index (χ4n) is 4.35. The minimum absolute atomic E-state index is 0. The van der Waals surface area contributed by atoms with Crippen LogP contribution in [-0.4, -0.2) is 67.7 Å². The molecule has 2 aliphatic rings. The van der Waals surface area contributed by atoms with Crippen molar-refractivity contribution in [2.75, 3.05) is 39.8 Å². The van der Waals surface area contributed by atoms with Crippen LogP contribution in [0.1, 0.15) is 11.1 Å². The second-order valence-electron chi connectivity index (χ2n) is 7.76. The molecule has 2 fully saturated rings. The largest absolute Gasteiger partial charge is 0.373 e. The zero-order valence-electron chi connectivity index (χ0n) is 17.6. The van der Waals surface area contributed by atoms with Gasteiger partial charge in [-0.3, -0.25) is 9.89 Å². The van der Waals surface area contributed by atoms with Gasteiger partial charge in [-0.2, -0.15) is 0 Å². The monoisotopic (exact) mass is 542 g/mol. The molecule has 2 unspecified atom stereocenters. The summed E-state index contributed by atoms with van der Waals surface area (Å²) in [6.45, 7) is 4.50. The summed E-state index contributed by atoms with van der Waals surface area (Å²) in [5.41, 5.74) is 1.40. The lowest BCUT2D eigenvalue weighted by Gasteiger charge is -2.36. The average molecular weight is 542 g/mol. The van der Waals surface area contributed by atoms with E-state index in [1.807, 2.05) is 6.07 Å². The van der Waals surface area contributed by atoms with E-state index in [4.69, 9.17) is 4.74 Å². The number of halogens is 3. The van der Waals surface area contributed by atoms with Crippen LogP contribution < -0.4 is 5.32 Å². The van der Waals surface area contributed by atoms with Gasteiger partial charge in [0.25, 0.3) is 0 Å². The number of benzene rings is 2. The summed E-state index contributed by atoms with van der Waals surface area (Å²) >= 11 is 0. The van der Waals surface area contributed by atoms with Gasteiger partial charge in [-0.1, -0.05) is 36.4 Å². The Morgan fingerprint density at radius 3 is 2.55 bits per heavy atom. The maximum Gasteiger partial charge on any atom is 0.193 e. The summed E-state index contributed by atoms with van der Waals surface area (Å²) in [6.07, 6.45) is 0.388. The molecule has 0 saturated carbocycles. The van der Waals surface area contributed by atoms with E-state index in [9.17, 15) is 8.78 Å². The van der Waals surface area contributed by atoms with Gasteiger partial charge < -0.3 is 15.0 Å². The Labute approximate surface area is 199 Å². The summed E-state index contributed by atoms with van der Waals surface area (Å²) in [5, 5.41) is 3.26. The number of nitrogens with zero attached hydrogens (tertiary/aromatic N) is 3. The molecule has 2 atom stereocenters. The lowest BCUT2D eigenvalue weighted by atomic mass is 10.1. The van der Waals surface area contributed by atoms with Gasteiger partial charge in [-0.05, 0) is 24.1 Å². The SMILES string of the molecule is CN=C(NCCc1c(F)cccc1F)N1CC2OCCN(Cc3ccccc3)C2C1.I. The van der Waals surface area contributed by atoms with Gasteiger partial charge >= 0.3 is 0 Å². The summed E-state index contributed by atoms with van der Waals surface area (Å²) < 4.78 is 33.7. The smallest absolute Gasteiger partial charge is 0.193 e. The molecule has 1 N–H and O–H groups in total. The quantitative estimate of drug-likeness (QED) is 0.358.